The van der Waals surface area contributed by atoms with E-state index >= 15 is 0 Å². The lowest BCUT2D eigenvalue weighted by Gasteiger charge is -2.40. The predicted molar refractivity (Wildman–Crippen MR) is 98.6 cm³/mol. The highest BCUT2D eigenvalue weighted by Gasteiger charge is 2.33. The molecule has 0 aliphatic carbocycles. The van der Waals surface area contributed by atoms with Crippen molar-refractivity contribution >= 4 is 0 Å². The SMILES string of the molecule is C/C(CC(C)(C)C(C)C)=C(/C)C(C)(C)CC(C)(C)C(C)C. The summed E-state index contributed by atoms with van der Waals surface area (Å²) in [7, 11) is 0. The van der Waals surface area contributed by atoms with E-state index in [1.165, 1.54) is 12.8 Å². The largest absolute Gasteiger partial charge is 0.0733 e. The Morgan fingerprint density at radius 3 is 1.43 bits per heavy atom. The molecule has 0 nitrogen and oxygen atoms in total. The fourth-order valence-corrected chi connectivity index (χ4v) is 3.07. The first-order valence-electron chi connectivity index (χ1n) is 8.80. The summed E-state index contributed by atoms with van der Waals surface area (Å²) in [5.74, 6) is 1.44. The predicted octanol–water partition coefficient (Wildman–Crippen LogP) is 7.49. The zero-order valence-corrected chi connectivity index (χ0v) is 17.1. The Morgan fingerprint density at radius 1 is 0.714 bits per heavy atom. The van der Waals surface area contributed by atoms with E-state index in [-0.39, 0.29) is 5.41 Å². The van der Waals surface area contributed by atoms with Crippen LogP contribution in [0.2, 0.25) is 0 Å². The third kappa shape index (κ3) is 5.80. The first-order chi connectivity index (χ1) is 9.13. The molecule has 0 aromatic heterocycles. The lowest BCUT2D eigenvalue weighted by Crippen LogP contribution is -2.29. The van der Waals surface area contributed by atoms with Gasteiger partial charge in [-0.05, 0) is 54.8 Å². The Morgan fingerprint density at radius 2 is 1.10 bits per heavy atom. The van der Waals surface area contributed by atoms with E-state index in [1.807, 2.05) is 0 Å². The Hall–Kier alpha value is -0.260. The molecule has 0 radical (unpaired) electrons. The average molecular weight is 295 g/mol. The Kier molecular flexibility index (Phi) is 6.80. The van der Waals surface area contributed by atoms with Gasteiger partial charge in [-0.15, -0.1) is 0 Å². The Balaban J connectivity index is 5.27. The van der Waals surface area contributed by atoms with Gasteiger partial charge in [-0.3, -0.25) is 0 Å². The van der Waals surface area contributed by atoms with Crippen LogP contribution in [0, 0.1) is 28.1 Å². The van der Waals surface area contributed by atoms with Gasteiger partial charge in [-0.2, -0.15) is 0 Å². The monoisotopic (exact) mass is 294 g/mol. The fourth-order valence-electron chi connectivity index (χ4n) is 3.07. The van der Waals surface area contributed by atoms with Crippen molar-refractivity contribution in [2.75, 3.05) is 0 Å². The van der Waals surface area contributed by atoms with Crippen molar-refractivity contribution in [1.82, 2.24) is 0 Å². The maximum absolute atomic E-state index is 2.43. The van der Waals surface area contributed by atoms with Crippen LogP contribution < -0.4 is 0 Å². The lowest BCUT2D eigenvalue weighted by molar-refractivity contribution is 0.159. The van der Waals surface area contributed by atoms with Crippen molar-refractivity contribution in [3.05, 3.63) is 11.1 Å². The molecule has 0 aromatic rings. The lowest BCUT2D eigenvalue weighted by atomic mass is 9.65. The van der Waals surface area contributed by atoms with E-state index < -0.39 is 0 Å². The van der Waals surface area contributed by atoms with Gasteiger partial charge >= 0.3 is 0 Å². The average Bonchev–Trinajstić information content (AvgIpc) is 2.25. The molecule has 0 saturated carbocycles. The van der Waals surface area contributed by atoms with Crippen LogP contribution >= 0.6 is 0 Å². The molecule has 126 valence electrons. The Bertz CT molecular complexity index is 361. The summed E-state index contributed by atoms with van der Waals surface area (Å²) in [6.07, 6.45) is 2.46. The second-order valence-electron chi connectivity index (χ2n) is 9.93. The molecule has 0 rings (SSSR count). The van der Waals surface area contributed by atoms with E-state index in [4.69, 9.17) is 0 Å². The first kappa shape index (κ1) is 20.7. The van der Waals surface area contributed by atoms with Gasteiger partial charge in [-0.25, -0.2) is 0 Å². The van der Waals surface area contributed by atoms with Gasteiger partial charge in [0.2, 0.25) is 0 Å². The zero-order chi connectivity index (χ0) is 17.2. The van der Waals surface area contributed by atoms with E-state index in [2.05, 4.69) is 83.1 Å². The minimum absolute atomic E-state index is 0.283. The maximum Gasteiger partial charge on any atom is -0.0140 e. The molecule has 0 aliphatic rings. The van der Waals surface area contributed by atoms with E-state index in [9.17, 15) is 0 Å². The van der Waals surface area contributed by atoms with E-state index in [1.54, 1.807) is 11.1 Å². The molecule has 0 heterocycles. The molecule has 0 fully saturated rings. The summed E-state index contributed by atoms with van der Waals surface area (Å²) in [6.45, 7) is 28.6. The van der Waals surface area contributed by atoms with Gasteiger partial charge < -0.3 is 0 Å². The van der Waals surface area contributed by atoms with Crippen LogP contribution in [0.5, 0.6) is 0 Å². The van der Waals surface area contributed by atoms with Crippen LogP contribution in [-0.2, 0) is 0 Å². The maximum atomic E-state index is 2.43. The number of rotatable bonds is 7. The second-order valence-corrected chi connectivity index (χ2v) is 9.93. The van der Waals surface area contributed by atoms with Crippen molar-refractivity contribution in [2.24, 2.45) is 28.1 Å². The summed E-state index contributed by atoms with van der Waals surface area (Å²) < 4.78 is 0. The first-order valence-corrected chi connectivity index (χ1v) is 8.80. The molecule has 0 aliphatic heterocycles. The van der Waals surface area contributed by atoms with Gasteiger partial charge in [0, 0.05) is 0 Å². The molecule has 21 heavy (non-hydrogen) atoms. The third-order valence-electron chi connectivity index (χ3n) is 6.40. The highest BCUT2D eigenvalue weighted by molar-refractivity contribution is 5.19. The van der Waals surface area contributed by atoms with Crippen molar-refractivity contribution < 1.29 is 0 Å². The second kappa shape index (κ2) is 6.88. The van der Waals surface area contributed by atoms with Gasteiger partial charge in [0.05, 0.1) is 0 Å². The number of hydrogen-bond acceptors (Lipinski definition) is 0. The molecule has 0 heteroatoms. The van der Waals surface area contributed by atoms with E-state index in [0.29, 0.717) is 10.8 Å². The standard InChI is InChI=1S/C21H42/c1-15(2)19(7,8)13-17(5)18(6)21(11,12)14-20(9,10)16(3)4/h15-16H,13-14H2,1-12H3/b18-17+. The van der Waals surface area contributed by atoms with Gasteiger partial charge in [0.25, 0.3) is 0 Å². The van der Waals surface area contributed by atoms with Crippen molar-refractivity contribution in [3.63, 3.8) is 0 Å². The summed E-state index contributed by atoms with van der Waals surface area (Å²) >= 11 is 0. The smallest absolute Gasteiger partial charge is 0.0140 e. The number of allylic oxidation sites excluding steroid dienone is 2. The quantitative estimate of drug-likeness (QED) is 0.426. The van der Waals surface area contributed by atoms with Crippen LogP contribution in [-0.4, -0.2) is 0 Å². The molecule has 0 N–H and O–H groups in total. The fraction of sp³-hybridized carbons (Fsp3) is 0.905. The highest BCUT2D eigenvalue weighted by Crippen LogP contribution is 2.45. The minimum Gasteiger partial charge on any atom is -0.0733 e. The highest BCUT2D eigenvalue weighted by atomic mass is 14.4. The van der Waals surface area contributed by atoms with E-state index in [0.717, 1.165) is 11.8 Å². The summed E-state index contributed by atoms with van der Waals surface area (Å²) in [6, 6.07) is 0. The molecule has 0 bridgehead atoms. The van der Waals surface area contributed by atoms with Crippen LogP contribution in [0.15, 0.2) is 11.1 Å². The molecule has 0 unspecified atom stereocenters. The van der Waals surface area contributed by atoms with Crippen molar-refractivity contribution in [3.8, 4) is 0 Å². The molecule has 0 spiro atoms. The van der Waals surface area contributed by atoms with Crippen molar-refractivity contribution in [1.29, 1.82) is 0 Å². The Labute approximate surface area is 135 Å². The van der Waals surface area contributed by atoms with Gasteiger partial charge in [-0.1, -0.05) is 80.4 Å². The van der Waals surface area contributed by atoms with Crippen molar-refractivity contribution in [2.45, 2.75) is 95.9 Å². The van der Waals surface area contributed by atoms with Crippen LogP contribution in [0.1, 0.15) is 95.9 Å². The van der Waals surface area contributed by atoms with Crippen LogP contribution in [0.25, 0.3) is 0 Å². The zero-order valence-electron chi connectivity index (χ0n) is 17.1. The van der Waals surface area contributed by atoms with Gasteiger partial charge in [0.15, 0.2) is 0 Å². The third-order valence-corrected chi connectivity index (χ3v) is 6.40. The van der Waals surface area contributed by atoms with Gasteiger partial charge in [0.1, 0.15) is 0 Å². The minimum atomic E-state index is 0.283. The normalized spacial score (nSPS) is 15.7. The summed E-state index contributed by atoms with van der Waals surface area (Å²) in [5, 5.41) is 0. The molecular formula is C21H42. The van der Waals surface area contributed by atoms with Crippen LogP contribution in [0.3, 0.4) is 0 Å². The summed E-state index contributed by atoms with van der Waals surface area (Å²) in [5.41, 5.74) is 4.25. The summed E-state index contributed by atoms with van der Waals surface area (Å²) in [4.78, 5) is 0. The molecule has 0 amide bonds. The van der Waals surface area contributed by atoms with Crippen LogP contribution in [0.4, 0.5) is 0 Å². The number of hydrogen-bond donors (Lipinski definition) is 0. The molecule has 0 aromatic carbocycles. The molecule has 0 atom stereocenters. The molecule has 0 saturated heterocycles. The topological polar surface area (TPSA) is 0 Å². The molecular weight excluding hydrogens is 252 g/mol.